The number of methoxy groups -OCH3 is 1. The Morgan fingerprint density at radius 3 is 2.83 bits per heavy atom. The molecule has 2 N–H and O–H groups in total. The average Bonchev–Trinajstić information content (AvgIpc) is 2.74. The van der Waals surface area contributed by atoms with Crippen LogP contribution < -0.4 is 5.32 Å². The van der Waals surface area contributed by atoms with Crippen LogP contribution in [0.25, 0.3) is 0 Å². The molecule has 0 aromatic carbocycles. The Balaban J connectivity index is 2.58. The summed E-state index contributed by atoms with van der Waals surface area (Å²) in [6.45, 7) is 0.464. The van der Waals surface area contributed by atoms with Gasteiger partial charge in [0.1, 0.15) is 11.7 Å². The topological polar surface area (TPSA) is 93.5 Å². The molecule has 1 heterocycles. The molecule has 0 bridgehead atoms. The fraction of sp³-hybridized carbons (Fsp3) is 0.545. The van der Waals surface area contributed by atoms with Crippen molar-refractivity contribution in [3.05, 3.63) is 18.2 Å². The van der Waals surface area contributed by atoms with Crippen molar-refractivity contribution >= 4 is 11.9 Å². The first-order valence-corrected chi connectivity index (χ1v) is 5.55. The van der Waals surface area contributed by atoms with E-state index in [-0.39, 0.29) is 0 Å². The number of carboxylic acid groups (broad SMARTS) is 1. The molecule has 100 valence electrons. The van der Waals surface area contributed by atoms with Crippen LogP contribution in [-0.2, 0) is 16.6 Å². The first kappa shape index (κ1) is 14.2. The molecule has 0 saturated heterocycles. The molecule has 18 heavy (non-hydrogen) atoms. The molecule has 7 heteroatoms. The zero-order valence-corrected chi connectivity index (χ0v) is 10.4. The summed E-state index contributed by atoms with van der Waals surface area (Å²) in [4.78, 5) is 26.6. The monoisotopic (exact) mass is 255 g/mol. The Bertz CT molecular complexity index is 416. The second-order valence-corrected chi connectivity index (χ2v) is 3.89. The van der Waals surface area contributed by atoms with Crippen LogP contribution in [0.3, 0.4) is 0 Å². The molecule has 0 radical (unpaired) electrons. The van der Waals surface area contributed by atoms with Gasteiger partial charge in [-0.3, -0.25) is 4.79 Å². The quantitative estimate of drug-likeness (QED) is 0.670. The fourth-order valence-corrected chi connectivity index (χ4v) is 1.50. The molecule has 1 unspecified atom stereocenters. The summed E-state index contributed by atoms with van der Waals surface area (Å²) in [5, 5.41) is 11.5. The number of nitrogens with zero attached hydrogens (tertiary/aromatic N) is 2. The Morgan fingerprint density at radius 1 is 1.61 bits per heavy atom. The lowest BCUT2D eigenvalue weighted by atomic mass is 10.1. The predicted molar refractivity (Wildman–Crippen MR) is 63.2 cm³/mol. The standard InChI is InChI=1S/C11H17N3O4/c1-14-7-12-6-9(14)10(15)13-8(11(16)17)4-3-5-18-2/h6-8H,3-5H2,1-2H3,(H,13,15)(H,16,17). The van der Waals surface area contributed by atoms with Gasteiger partial charge >= 0.3 is 5.97 Å². The number of carbonyl (C=O) groups is 2. The van der Waals surface area contributed by atoms with Crippen molar-refractivity contribution < 1.29 is 19.4 Å². The number of aryl methyl sites for hydroxylation is 1. The number of aliphatic carboxylic acids is 1. The van der Waals surface area contributed by atoms with Crippen LogP contribution in [0.1, 0.15) is 23.3 Å². The van der Waals surface area contributed by atoms with Crippen molar-refractivity contribution in [3.8, 4) is 0 Å². The molecule has 1 aromatic rings. The minimum Gasteiger partial charge on any atom is -0.480 e. The molecule has 0 aliphatic rings. The first-order chi connectivity index (χ1) is 8.56. The highest BCUT2D eigenvalue weighted by molar-refractivity contribution is 5.94. The highest BCUT2D eigenvalue weighted by atomic mass is 16.5. The number of hydrogen-bond donors (Lipinski definition) is 2. The molecule has 7 nitrogen and oxygen atoms in total. The van der Waals surface area contributed by atoms with Crippen molar-refractivity contribution in [2.75, 3.05) is 13.7 Å². The van der Waals surface area contributed by atoms with Gasteiger partial charge in [-0.1, -0.05) is 0 Å². The van der Waals surface area contributed by atoms with Crippen molar-refractivity contribution in [2.45, 2.75) is 18.9 Å². The number of rotatable bonds is 7. The van der Waals surface area contributed by atoms with Crippen molar-refractivity contribution in [2.24, 2.45) is 7.05 Å². The van der Waals surface area contributed by atoms with Gasteiger partial charge in [-0.2, -0.15) is 0 Å². The van der Waals surface area contributed by atoms with Crippen LogP contribution >= 0.6 is 0 Å². The van der Waals surface area contributed by atoms with Gasteiger partial charge in [-0.15, -0.1) is 0 Å². The third-order valence-corrected chi connectivity index (χ3v) is 2.49. The van der Waals surface area contributed by atoms with E-state index in [4.69, 9.17) is 9.84 Å². The van der Waals surface area contributed by atoms with E-state index in [0.717, 1.165) is 0 Å². The average molecular weight is 255 g/mol. The van der Waals surface area contributed by atoms with Gasteiger partial charge < -0.3 is 19.7 Å². The molecular formula is C11H17N3O4. The van der Waals surface area contributed by atoms with Crippen LogP contribution in [0, 0.1) is 0 Å². The lowest BCUT2D eigenvalue weighted by Crippen LogP contribution is -2.41. The van der Waals surface area contributed by atoms with Crippen LogP contribution in [0.5, 0.6) is 0 Å². The van der Waals surface area contributed by atoms with Gasteiger partial charge in [0.05, 0.1) is 12.5 Å². The van der Waals surface area contributed by atoms with Gasteiger partial charge in [0.15, 0.2) is 0 Å². The molecule has 1 rings (SSSR count). The van der Waals surface area contributed by atoms with E-state index in [2.05, 4.69) is 10.3 Å². The second-order valence-electron chi connectivity index (χ2n) is 3.89. The number of carbonyl (C=O) groups excluding carboxylic acids is 1. The molecule has 0 fully saturated rings. The first-order valence-electron chi connectivity index (χ1n) is 5.55. The number of ether oxygens (including phenoxy) is 1. The zero-order chi connectivity index (χ0) is 13.5. The molecular weight excluding hydrogens is 238 g/mol. The molecule has 0 aliphatic heterocycles. The maximum atomic E-state index is 11.8. The largest absolute Gasteiger partial charge is 0.480 e. The summed E-state index contributed by atoms with van der Waals surface area (Å²) in [5.41, 5.74) is 0.327. The number of nitrogens with one attached hydrogen (secondary N) is 1. The summed E-state index contributed by atoms with van der Waals surface area (Å²) >= 11 is 0. The maximum Gasteiger partial charge on any atom is 0.326 e. The van der Waals surface area contributed by atoms with E-state index in [1.807, 2.05) is 0 Å². The van der Waals surface area contributed by atoms with Crippen molar-refractivity contribution in [1.82, 2.24) is 14.9 Å². The maximum absolute atomic E-state index is 11.8. The predicted octanol–water partition coefficient (Wildman–Crippen LogP) is 0.0297. The summed E-state index contributed by atoms with van der Waals surface area (Å²) < 4.78 is 6.38. The molecule has 0 aliphatic carbocycles. The third kappa shape index (κ3) is 3.85. The Kier molecular flexibility index (Phi) is 5.31. The van der Waals surface area contributed by atoms with E-state index in [9.17, 15) is 9.59 Å². The molecule has 1 atom stereocenters. The lowest BCUT2D eigenvalue weighted by molar-refractivity contribution is -0.139. The number of carboxylic acids is 1. The molecule has 1 amide bonds. The Morgan fingerprint density at radius 2 is 2.33 bits per heavy atom. The minimum absolute atomic E-state index is 0.326. The number of imidazole rings is 1. The smallest absolute Gasteiger partial charge is 0.326 e. The van der Waals surface area contributed by atoms with Gasteiger partial charge in [-0.25, -0.2) is 9.78 Å². The molecule has 0 spiro atoms. The van der Waals surface area contributed by atoms with E-state index in [1.165, 1.54) is 17.1 Å². The van der Waals surface area contributed by atoms with Gasteiger partial charge in [-0.05, 0) is 12.8 Å². The minimum atomic E-state index is -1.05. The molecule has 1 aromatic heterocycles. The van der Waals surface area contributed by atoms with E-state index in [0.29, 0.717) is 25.1 Å². The van der Waals surface area contributed by atoms with Crippen molar-refractivity contribution in [1.29, 1.82) is 0 Å². The summed E-state index contributed by atoms with van der Waals surface area (Å²) in [7, 11) is 3.21. The second kappa shape index (κ2) is 6.75. The summed E-state index contributed by atoms with van der Waals surface area (Å²) in [6, 6.07) is -0.914. The number of amides is 1. The Labute approximate surface area is 105 Å². The SMILES string of the molecule is COCCCC(NC(=O)c1cncn1C)C(=O)O. The van der Waals surface area contributed by atoms with Gasteiger partial charge in [0.2, 0.25) is 0 Å². The van der Waals surface area contributed by atoms with Crippen LogP contribution in [0.15, 0.2) is 12.5 Å². The van der Waals surface area contributed by atoms with Crippen LogP contribution in [-0.4, -0.2) is 46.3 Å². The lowest BCUT2D eigenvalue weighted by Gasteiger charge is -2.14. The van der Waals surface area contributed by atoms with Crippen molar-refractivity contribution in [3.63, 3.8) is 0 Å². The van der Waals surface area contributed by atoms with Crippen LogP contribution in [0.2, 0.25) is 0 Å². The normalized spacial score (nSPS) is 12.1. The highest BCUT2D eigenvalue weighted by Gasteiger charge is 2.21. The fourth-order valence-electron chi connectivity index (χ4n) is 1.50. The number of hydrogen-bond acceptors (Lipinski definition) is 4. The van der Waals surface area contributed by atoms with E-state index < -0.39 is 17.9 Å². The number of aromatic nitrogens is 2. The third-order valence-electron chi connectivity index (χ3n) is 2.49. The highest BCUT2D eigenvalue weighted by Crippen LogP contribution is 2.02. The molecule has 0 saturated carbocycles. The summed E-state index contributed by atoms with van der Waals surface area (Å²) in [6.07, 6.45) is 3.77. The summed E-state index contributed by atoms with van der Waals surface area (Å²) in [5.74, 6) is -1.50. The van der Waals surface area contributed by atoms with Gasteiger partial charge in [0, 0.05) is 20.8 Å². The zero-order valence-electron chi connectivity index (χ0n) is 10.4. The Hall–Kier alpha value is -1.89. The van der Waals surface area contributed by atoms with E-state index in [1.54, 1.807) is 14.2 Å². The van der Waals surface area contributed by atoms with E-state index >= 15 is 0 Å². The van der Waals surface area contributed by atoms with Crippen LogP contribution in [0.4, 0.5) is 0 Å². The van der Waals surface area contributed by atoms with Gasteiger partial charge in [0.25, 0.3) is 5.91 Å².